The van der Waals surface area contributed by atoms with Crippen molar-refractivity contribution in [1.29, 1.82) is 0 Å². The Kier molecular flexibility index (Phi) is 1.97. The third kappa shape index (κ3) is 1.12. The molecule has 1 heterocycles. The van der Waals surface area contributed by atoms with Gasteiger partial charge in [0.05, 0.1) is 5.92 Å². The second-order valence-corrected chi connectivity index (χ2v) is 3.02. The highest BCUT2D eigenvalue weighted by Gasteiger charge is 2.44. The molecule has 0 radical (unpaired) electrons. The van der Waals surface area contributed by atoms with E-state index in [1.165, 1.54) is 0 Å². The van der Waals surface area contributed by atoms with Crippen molar-refractivity contribution in [3.63, 3.8) is 0 Å². The van der Waals surface area contributed by atoms with Crippen LogP contribution in [0.5, 0.6) is 0 Å². The van der Waals surface area contributed by atoms with Gasteiger partial charge in [0.1, 0.15) is 0 Å². The summed E-state index contributed by atoms with van der Waals surface area (Å²) in [6.45, 7) is 0. The smallest absolute Gasteiger partial charge is 0.271 e. The third-order valence-corrected chi connectivity index (χ3v) is 2.33. The van der Waals surface area contributed by atoms with Crippen LogP contribution in [0.25, 0.3) is 0 Å². The Bertz CT molecular complexity index is 334. The highest BCUT2D eigenvalue weighted by atomic mass is 32.1. The molecule has 0 bridgehead atoms. The summed E-state index contributed by atoms with van der Waals surface area (Å²) in [5.41, 5.74) is 0.488. The molecule has 1 aliphatic carbocycles. The molecule has 1 saturated heterocycles. The Morgan fingerprint density at radius 3 is 2.92 bits per heavy atom. The van der Waals surface area contributed by atoms with E-state index in [1.807, 2.05) is 6.08 Å². The molecule has 1 aliphatic heterocycles. The molecular formula is C8H7NO3S. The molecule has 2 amide bonds. The summed E-state index contributed by atoms with van der Waals surface area (Å²) >= 11 is 3.45. The van der Waals surface area contributed by atoms with Gasteiger partial charge in [-0.25, -0.2) is 0 Å². The van der Waals surface area contributed by atoms with Gasteiger partial charge in [0.2, 0.25) is 0 Å². The maximum absolute atomic E-state index is 11.4. The average Bonchev–Trinajstić information content (AvgIpc) is 2.41. The van der Waals surface area contributed by atoms with Crippen molar-refractivity contribution in [3.05, 3.63) is 23.8 Å². The van der Waals surface area contributed by atoms with Gasteiger partial charge in [-0.15, -0.1) is 5.06 Å². The monoisotopic (exact) mass is 197 g/mol. The molecule has 2 rings (SSSR count). The number of nitrogens with zero attached hydrogens (tertiary/aromatic N) is 1. The van der Waals surface area contributed by atoms with Crippen LogP contribution in [0.1, 0.15) is 6.42 Å². The van der Waals surface area contributed by atoms with E-state index in [0.29, 0.717) is 17.1 Å². The Morgan fingerprint density at radius 1 is 1.54 bits per heavy atom. The van der Waals surface area contributed by atoms with E-state index in [9.17, 15) is 9.59 Å². The summed E-state index contributed by atoms with van der Waals surface area (Å²) in [7, 11) is 0. The summed E-state index contributed by atoms with van der Waals surface area (Å²) in [5.74, 6) is -1.12. The Labute approximate surface area is 80.4 Å². The predicted octanol–water partition coefficient (Wildman–Crippen LogP) is 0.634. The van der Waals surface area contributed by atoms with Crippen LogP contribution < -0.4 is 0 Å². The second-order valence-electron chi connectivity index (χ2n) is 2.86. The van der Waals surface area contributed by atoms with E-state index in [2.05, 4.69) is 17.2 Å². The van der Waals surface area contributed by atoms with Crippen molar-refractivity contribution in [2.45, 2.75) is 6.42 Å². The van der Waals surface area contributed by atoms with E-state index < -0.39 is 5.91 Å². The summed E-state index contributed by atoms with van der Waals surface area (Å²) in [6.07, 6.45) is 5.81. The van der Waals surface area contributed by atoms with Gasteiger partial charge in [0.15, 0.2) is 0 Å². The van der Waals surface area contributed by atoms with Crippen LogP contribution in [0.15, 0.2) is 23.8 Å². The van der Waals surface area contributed by atoms with Crippen molar-refractivity contribution in [2.75, 3.05) is 0 Å². The van der Waals surface area contributed by atoms with E-state index in [4.69, 9.17) is 0 Å². The van der Waals surface area contributed by atoms with Crippen LogP contribution >= 0.6 is 12.9 Å². The summed E-state index contributed by atoms with van der Waals surface area (Å²) in [5, 5.41) is 0.687. The van der Waals surface area contributed by atoms with Gasteiger partial charge < -0.3 is 0 Å². The lowest BCUT2D eigenvalue weighted by atomic mass is 9.94. The first-order chi connectivity index (χ1) is 6.25. The molecule has 0 spiro atoms. The molecule has 0 aromatic rings. The SMILES string of the molecule is O=C1C2=CC=CCC2C(=O)N1OS. The zero-order chi connectivity index (χ0) is 9.42. The molecule has 5 heteroatoms. The number of fused-ring (bicyclic) bond motifs is 1. The quantitative estimate of drug-likeness (QED) is 0.381. The topological polar surface area (TPSA) is 46.6 Å². The lowest BCUT2D eigenvalue weighted by Crippen LogP contribution is -2.27. The third-order valence-electron chi connectivity index (χ3n) is 2.17. The lowest BCUT2D eigenvalue weighted by Gasteiger charge is -2.07. The zero-order valence-electron chi connectivity index (χ0n) is 6.64. The fourth-order valence-corrected chi connectivity index (χ4v) is 1.67. The van der Waals surface area contributed by atoms with Crippen LogP contribution in [0.4, 0.5) is 0 Å². The number of allylic oxidation sites excluding steroid dienone is 3. The van der Waals surface area contributed by atoms with Crippen molar-refractivity contribution >= 4 is 24.7 Å². The minimum atomic E-state index is -0.408. The normalized spacial score (nSPS) is 26.4. The number of carbonyl (C=O) groups is 2. The van der Waals surface area contributed by atoms with Crippen molar-refractivity contribution in [3.8, 4) is 0 Å². The first-order valence-corrected chi connectivity index (χ1v) is 4.18. The number of carbonyl (C=O) groups excluding carboxylic acids is 2. The molecule has 0 N–H and O–H groups in total. The van der Waals surface area contributed by atoms with Gasteiger partial charge in [0.25, 0.3) is 11.8 Å². The maximum atomic E-state index is 11.4. The maximum Gasteiger partial charge on any atom is 0.282 e. The molecule has 13 heavy (non-hydrogen) atoms. The Balaban J connectivity index is 2.38. The number of hydroxylamine groups is 2. The second kappa shape index (κ2) is 3.01. The summed E-state index contributed by atoms with van der Waals surface area (Å²) < 4.78 is 4.39. The highest BCUT2D eigenvalue weighted by molar-refractivity contribution is 7.75. The van der Waals surface area contributed by atoms with E-state index >= 15 is 0 Å². The number of hydrogen-bond acceptors (Lipinski definition) is 4. The molecule has 68 valence electrons. The number of rotatable bonds is 1. The number of imide groups is 1. The molecule has 0 saturated carbocycles. The first-order valence-electron chi connectivity index (χ1n) is 3.82. The van der Waals surface area contributed by atoms with Gasteiger partial charge in [-0.3, -0.25) is 9.59 Å². The fourth-order valence-electron chi connectivity index (χ4n) is 1.52. The Hall–Kier alpha value is -1.07. The number of thiol groups is 1. The van der Waals surface area contributed by atoms with Crippen molar-refractivity contribution in [2.24, 2.45) is 5.92 Å². The van der Waals surface area contributed by atoms with Crippen molar-refractivity contribution < 1.29 is 13.9 Å². The van der Waals surface area contributed by atoms with E-state index in [-0.39, 0.29) is 11.8 Å². The summed E-state index contributed by atoms with van der Waals surface area (Å²) in [4.78, 5) is 22.8. The van der Waals surface area contributed by atoms with Gasteiger partial charge in [-0.2, -0.15) is 4.28 Å². The minimum absolute atomic E-state index is 0.337. The molecule has 1 unspecified atom stereocenters. The molecule has 0 aromatic carbocycles. The largest absolute Gasteiger partial charge is 0.282 e. The standard InChI is InChI=1S/C8H7NO3S/c10-7-5-3-1-2-4-6(5)8(11)9(7)12-13/h1-3,6,13H,4H2. The van der Waals surface area contributed by atoms with Crippen LogP contribution in [-0.4, -0.2) is 16.9 Å². The Morgan fingerprint density at radius 2 is 2.31 bits per heavy atom. The van der Waals surface area contributed by atoms with Crippen LogP contribution in [0.3, 0.4) is 0 Å². The highest BCUT2D eigenvalue weighted by Crippen LogP contribution is 2.31. The minimum Gasteiger partial charge on any atom is -0.271 e. The molecular weight excluding hydrogens is 190 g/mol. The zero-order valence-corrected chi connectivity index (χ0v) is 7.53. The van der Waals surface area contributed by atoms with Gasteiger partial charge in [-0.05, 0) is 6.42 Å². The van der Waals surface area contributed by atoms with Gasteiger partial charge >= 0.3 is 0 Å². The summed E-state index contributed by atoms with van der Waals surface area (Å²) in [6, 6.07) is 0. The number of amides is 2. The first kappa shape index (κ1) is 8.52. The molecule has 1 atom stereocenters. The van der Waals surface area contributed by atoms with Crippen LogP contribution in [0, 0.1) is 5.92 Å². The fraction of sp³-hybridized carbons (Fsp3) is 0.250. The van der Waals surface area contributed by atoms with Gasteiger partial charge in [-0.1, -0.05) is 18.2 Å². The van der Waals surface area contributed by atoms with Gasteiger partial charge in [0, 0.05) is 18.5 Å². The number of hydrogen-bond donors (Lipinski definition) is 1. The molecule has 1 fully saturated rings. The predicted molar refractivity (Wildman–Crippen MR) is 47.3 cm³/mol. The molecule has 0 aromatic heterocycles. The lowest BCUT2D eigenvalue weighted by molar-refractivity contribution is -0.161. The van der Waals surface area contributed by atoms with Crippen LogP contribution in [-0.2, 0) is 13.9 Å². The van der Waals surface area contributed by atoms with E-state index in [1.54, 1.807) is 12.2 Å². The molecule has 4 nitrogen and oxygen atoms in total. The van der Waals surface area contributed by atoms with E-state index in [0.717, 1.165) is 0 Å². The molecule has 2 aliphatic rings. The van der Waals surface area contributed by atoms with Crippen molar-refractivity contribution in [1.82, 2.24) is 5.06 Å². The average molecular weight is 197 g/mol. The van der Waals surface area contributed by atoms with Crippen LogP contribution in [0.2, 0.25) is 0 Å².